The Labute approximate surface area is 106 Å². The summed E-state index contributed by atoms with van der Waals surface area (Å²) in [4.78, 5) is 16.9. The Bertz CT molecular complexity index is 533. The minimum atomic E-state index is -0.442. The van der Waals surface area contributed by atoms with E-state index >= 15 is 0 Å². The number of hydrogen-bond acceptors (Lipinski definition) is 5. The zero-order valence-electron chi connectivity index (χ0n) is 8.61. The van der Waals surface area contributed by atoms with Crippen LogP contribution in [0.1, 0.15) is 15.2 Å². The van der Waals surface area contributed by atoms with Gasteiger partial charge in [-0.3, -0.25) is 0 Å². The van der Waals surface area contributed by atoms with E-state index in [2.05, 4.69) is 9.72 Å². The number of ether oxygens (including phenoxy) is 1. The maximum absolute atomic E-state index is 11.4. The van der Waals surface area contributed by atoms with Crippen LogP contribution in [0.5, 0.6) is 0 Å². The summed E-state index contributed by atoms with van der Waals surface area (Å²) in [6, 6.07) is 2.01. The maximum Gasteiger partial charge on any atom is 0.351 e. The number of rotatable bonds is 2. The van der Waals surface area contributed by atoms with Crippen LogP contribution < -0.4 is 0 Å². The van der Waals surface area contributed by atoms with E-state index in [-0.39, 0.29) is 5.15 Å². The summed E-state index contributed by atoms with van der Waals surface area (Å²) >= 11 is 8.73. The van der Waals surface area contributed by atoms with Gasteiger partial charge in [0.25, 0.3) is 0 Å². The van der Waals surface area contributed by atoms with E-state index in [0.29, 0.717) is 4.88 Å². The fraction of sp³-hybridized carbons (Fsp3) is 0.200. The normalized spacial score (nSPS) is 10.4. The van der Waals surface area contributed by atoms with Gasteiger partial charge >= 0.3 is 5.97 Å². The second kappa shape index (κ2) is 4.53. The Morgan fingerprint density at radius 2 is 2.31 bits per heavy atom. The number of aromatic nitrogens is 1. The Balaban J connectivity index is 2.46. The number of esters is 1. The number of halogens is 1. The van der Waals surface area contributed by atoms with Crippen LogP contribution in [-0.2, 0) is 4.74 Å². The number of hydrogen-bond donors (Lipinski definition) is 0. The Kier molecular flexibility index (Phi) is 3.28. The molecule has 0 saturated heterocycles. The Hall–Kier alpha value is -0.910. The molecule has 0 saturated carbocycles. The topological polar surface area (TPSA) is 39.2 Å². The summed E-state index contributed by atoms with van der Waals surface area (Å²) in [7, 11) is 1.33. The number of thiophene rings is 1. The Morgan fingerprint density at radius 1 is 1.56 bits per heavy atom. The SMILES string of the molecule is COC(=O)c1sc(-c2sccc2C)nc1Cl. The molecule has 16 heavy (non-hydrogen) atoms. The van der Waals surface area contributed by atoms with Crippen LogP contribution >= 0.6 is 34.3 Å². The quantitative estimate of drug-likeness (QED) is 0.785. The van der Waals surface area contributed by atoms with Crippen molar-refractivity contribution in [2.45, 2.75) is 6.92 Å². The van der Waals surface area contributed by atoms with Gasteiger partial charge in [-0.2, -0.15) is 0 Å². The monoisotopic (exact) mass is 273 g/mol. The molecule has 0 radical (unpaired) electrons. The lowest BCUT2D eigenvalue weighted by Gasteiger charge is -1.92. The lowest BCUT2D eigenvalue weighted by molar-refractivity contribution is 0.0606. The second-order valence-electron chi connectivity index (χ2n) is 3.06. The number of aryl methyl sites for hydroxylation is 1. The molecule has 2 aromatic heterocycles. The summed E-state index contributed by atoms with van der Waals surface area (Å²) in [5.41, 5.74) is 1.13. The highest BCUT2D eigenvalue weighted by atomic mass is 35.5. The molecule has 0 unspecified atom stereocenters. The maximum atomic E-state index is 11.4. The minimum absolute atomic E-state index is 0.208. The van der Waals surface area contributed by atoms with Crippen molar-refractivity contribution in [2.75, 3.05) is 7.11 Å². The molecule has 2 aromatic rings. The van der Waals surface area contributed by atoms with Crippen molar-refractivity contribution in [2.24, 2.45) is 0 Å². The zero-order valence-corrected chi connectivity index (χ0v) is 11.0. The first-order valence-electron chi connectivity index (χ1n) is 4.42. The molecule has 0 amide bonds. The molecule has 0 aliphatic rings. The number of carbonyl (C=O) groups excluding carboxylic acids is 1. The third-order valence-corrected chi connectivity index (χ3v) is 4.60. The summed E-state index contributed by atoms with van der Waals surface area (Å²) in [5.74, 6) is -0.442. The van der Waals surface area contributed by atoms with Crippen molar-refractivity contribution in [3.05, 3.63) is 27.0 Å². The first-order chi connectivity index (χ1) is 7.63. The molecule has 0 aromatic carbocycles. The molecule has 6 heteroatoms. The van der Waals surface area contributed by atoms with Crippen LogP contribution in [0.2, 0.25) is 5.15 Å². The molecule has 0 aliphatic carbocycles. The minimum Gasteiger partial charge on any atom is -0.465 e. The summed E-state index contributed by atoms with van der Waals surface area (Å²) < 4.78 is 4.63. The largest absolute Gasteiger partial charge is 0.465 e. The molecule has 0 fully saturated rings. The summed E-state index contributed by atoms with van der Waals surface area (Å²) in [6.45, 7) is 2.00. The molecule has 2 rings (SSSR count). The van der Waals surface area contributed by atoms with Crippen molar-refractivity contribution in [3.8, 4) is 9.88 Å². The molecule has 2 heterocycles. The smallest absolute Gasteiger partial charge is 0.351 e. The molecule has 3 nitrogen and oxygen atoms in total. The number of carbonyl (C=O) groups is 1. The van der Waals surface area contributed by atoms with Crippen molar-refractivity contribution in [3.63, 3.8) is 0 Å². The molecule has 0 atom stereocenters. The van der Waals surface area contributed by atoms with E-state index in [1.807, 2.05) is 18.4 Å². The standard InChI is InChI=1S/C10H8ClNO2S2/c1-5-3-4-15-6(5)9-12-8(11)7(16-9)10(13)14-2/h3-4H,1-2H3. The molecule has 0 N–H and O–H groups in total. The Morgan fingerprint density at radius 3 is 2.88 bits per heavy atom. The van der Waals surface area contributed by atoms with E-state index in [1.54, 1.807) is 11.3 Å². The fourth-order valence-electron chi connectivity index (χ4n) is 1.21. The third kappa shape index (κ3) is 1.98. The first-order valence-corrected chi connectivity index (χ1v) is 6.50. The predicted octanol–water partition coefficient (Wildman–Crippen LogP) is 3.62. The van der Waals surface area contributed by atoms with Gasteiger partial charge in [0, 0.05) is 0 Å². The lowest BCUT2D eigenvalue weighted by Crippen LogP contribution is -1.98. The van der Waals surface area contributed by atoms with E-state index in [1.165, 1.54) is 18.4 Å². The van der Waals surface area contributed by atoms with Crippen molar-refractivity contribution >= 4 is 40.2 Å². The van der Waals surface area contributed by atoms with Crippen LogP contribution in [0, 0.1) is 6.92 Å². The lowest BCUT2D eigenvalue weighted by atomic mass is 10.3. The first kappa shape index (κ1) is 11.6. The number of nitrogens with zero attached hydrogens (tertiary/aromatic N) is 1. The van der Waals surface area contributed by atoms with Gasteiger partial charge in [-0.15, -0.1) is 22.7 Å². The van der Waals surface area contributed by atoms with E-state index < -0.39 is 5.97 Å². The van der Waals surface area contributed by atoms with Crippen LogP contribution in [-0.4, -0.2) is 18.1 Å². The molecule has 0 bridgehead atoms. The summed E-state index contributed by atoms with van der Waals surface area (Å²) in [5, 5.41) is 2.95. The molecule has 0 spiro atoms. The van der Waals surface area contributed by atoms with E-state index in [9.17, 15) is 4.79 Å². The van der Waals surface area contributed by atoms with Crippen LogP contribution in [0.15, 0.2) is 11.4 Å². The van der Waals surface area contributed by atoms with Gasteiger partial charge in [-0.25, -0.2) is 9.78 Å². The summed E-state index contributed by atoms with van der Waals surface area (Å²) in [6.07, 6.45) is 0. The molecule has 0 aliphatic heterocycles. The highest BCUT2D eigenvalue weighted by molar-refractivity contribution is 7.22. The van der Waals surface area contributed by atoms with Gasteiger partial charge in [-0.1, -0.05) is 11.6 Å². The number of thiazole rings is 1. The van der Waals surface area contributed by atoms with E-state index in [4.69, 9.17) is 11.6 Å². The van der Waals surface area contributed by atoms with Crippen LogP contribution in [0.4, 0.5) is 0 Å². The fourth-order valence-corrected chi connectivity index (χ4v) is 3.50. The highest BCUT2D eigenvalue weighted by Crippen LogP contribution is 2.35. The molecular weight excluding hydrogens is 266 g/mol. The van der Waals surface area contributed by atoms with Gasteiger partial charge in [0.1, 0.15) is 5.01 Å². The van der Waals surface area contributed by atoms with Crippen LogP contribution in [0.3, 0.4) is 0 Å². The third-order valence-electron chi connectivity index (χ3n) is 2.01. The second-order valence-corrected chi connectivity index (χ2v) is 5.34. The van der Waals surface area contributed by atoms with Gasteiger partial charge in [0.15, 0.2) is 10.0 Å². The van der Waals surface area contributed by atoms with Gasteiger partial charge in [0.2, 0.25) is 0 Å². The molecule has 84 valence electrons. The average Bonchev–Trinajstić information content (AvgIpc) is 2.83. The predicted molar refractivity (Wildman–Crippen MR) is 66.5 cm³/mol. The van der Waals surface area contributed by atoms with Crippen molar-refractivity contribution < 1.29 is 9.53 Å². The van der Waals surface area contributed by atoms with Crippen molar-refractivity contribution in [1.29, 1.82) is 0 Å². The average molecular weight is 274 g/mol. The van der Waals surface area contributed by atoms with Gasteiger partial charge in [0.05, 0.1) is 12.0 Å². The van der Waals surface area contributed by atoms with E-state index in [0.717, 1.165) is 15.4 Å². The van der Waals surface area contributed by atoms with Gasteiger partial charge < -0.3 is 4.74 Å². The van der Waals surface area contributed by atoms with Crippen molar-refractivity contribution in [1.82, 2.24) is 4.98 Å². The number of methoxy groups -OCH3 is 1. The van der Waals surface area contributed by atoms with Gasteiger partial charge in [-0.05, 0) is 23.9 Å². The molecular formula is C10H8ClNO2S2. The zero-order chi connectivity index (χ0) is 11.7. The van der Waals surface area contributed by atoms with Crippen LogP contribution in [0.25, 0.3) is 9.88 Å². The highest BCUT2D eigenvalue weighted by Gasteiger charge is 2.19.